The second-order valence-corrected chi connectivity index (χ2v) is 7.30. The lowest BCUT2D eigenvalue weighted by molar-refractivity contribution is -0.147. The molecule has 0 radical (unpaired) electrons. The molecule has 0 saturated carbocycles. The van der Waals surface area contributed by atoms with Crippen LogP contribution in [0.5, 0.6) is 0 Å². The number of carboxylic acid groups (broad SMARTS) is 1. The van der Waals surface area contributed by atoms with Crippen LogP contribution in [0.4, 0.5) is 4.79 Å². The SMILES string of the molecule is CC(C)(CNC(=O)N1CCCC1(C)C(=O)O)c1cccs1. The van der Waals surface area contributed by atoms with E-state index in [0.717, 1.165) is 6.42 Å². The van der Waals surface area contributed by atoms with Crippen LogP contribution in [-0.2, 0) is 10.2 Å². The molecule has 2 rings (SSSR count). The number of carbonyl (C=O) groups excluding carboxylic acids is 1. The van der Waals surface area contributed by atoms with Crippen LogP contribution in [-0.4, -0.2) is 40.6 Å². The van der Waals surface area contributed by atoms with Crippen molar-refractivity contribution in [1.82, 2.24) is 10.2 Å². The summed E-state index contributed by atoms with van der Waals surface area (Å²) in [5.74, 6) is -0.937. The van der Waals surface area contributed by atoms with Gasteiger partial charge in [-0.3, -0.25) is 0 Å². The Morgan fingerprint density at radius 3 is 2.81 bits per heavy atom. The summed E-state index contributed by atoms with van der Waals surface area (Å²) >= 11 is 1.66. The molecule has 1 unspecified atom stereocenters. The summed E-state index contributed by atoms with van der Waals surface area (Å²) < 4.78 is 0. The number of likely N-dealkylation sites (tertiary alicyclic amines) is 1. The number of rotatable bonds is 4. The van der Waals surface area contributed by atoms with Gasteiger partial charge >= 0.3 is 12.0 Å². The molecule has 5 nitrogen and oxygen atoms in total. The van der Waals surface area contributed by atoms with Crippen molar-refractivity contribution in [3.63, 3.8) is 0 Å². The van der Waals surface area contributed by atoms with Gasteiger partial charge in [0.1, 0.15) is 5.54 Å². The van der Waals surface area contributed by atoms with Crippen molar-refractivity contribution in [3.05, 3.63) is 22.4 Å². The number of hydrogen-bond donors (Lipinski definition) is 2. The number of carbonyl (C=O) groups is 2. The van der Waals surface area contributed by atoms with Crippen LogP contribution in [0.1, 0.15) is 38.5 Å². The molecule has 1 aromatic rings. The standard InChI is InChI=1S/C15H22N2O3S/c1-14(2,11-6-4-9-21-11)10-16-13(20)17-8-5-7-15(17,3)12(18)19/h4,6,9H,5,7-8,10H2,1-3H3,(H,16,20)(H,18,19). The maximum absolute atomic E-state index is 12.3. The minimum atomic E-state index is -1.09. The van der Waals surface area contributed by atoms with Gasteiger partial charge in [0.25, 0.3) is 0 Å². The van der Waals surface area contributed by atoms with Crippen LogP contribution in [0, 0.1) is 0 Å². The van der Waals surface area contributed by atoms with Crippen LogP contribution in [0.2, 0.25) is 0 Å². The smallest absolute Gasteiger partial charge is 0.329 e. The van der Waals surface area contributed by atoms with Gasteiger partial charge in [0.15, 0.2) is 0 Å². The van der Waals surface area contributed by atoms with Gasteiger partial charge in [-0.25, -0.2) is 9.59 Å². The Kier molecular flexibility index (Phi) is 4.27. The zero-order valence-corrected chi connectivity index (χ0v) is 13.5. The molecule has 1 aliphatic heterocycles. The third kappa shape index (κ3) is 3.05. The van der Waals surface area contributed by atoms with Crippen LogP contribution in [0.25, 0.3) is 0 Å². The van der Waals surface area contributed by atoms with Gasteiger partial charge in [0.2, 0.25) is 0 Å². The first-order chi connectivity index (χ1) is 9.77. The van der Waals surface area contributed by atoms with Crippen LogP contribution in [0.3, 0.4) is 0 Å². The maximum atomic E-state index is 12.3. The number of carboxylic acids is 1. The molecule has 116 valence electrons. The number of thiophene rings is 1. The highest BCUT2D eigenvalue weighted by Gasteiger charge is 2.46. The van der Waals surface area contributed by atoms with Gasteiger partial charge in [-0.2, -0.15) is 0 Å². The topological polar surface area (TPSA) is 69.6 Å². The Morgan fingerprint density at radius 1 is 1.52 bits per heavy atom. The van der Waals surface area contributed by atoms with E-state index >= 15 is 0 Å². The molecule has 1 saturated heterocycles. The highest BCUT2D eigenvalue weighted by atomic mass is 32.1. The van der Waals surface area contributed by atoms with E-state index in [0.29, 0.717) is 19.5 Å². The Labute approximate surface area is 129 Å². The van der Waals surface area contributed by atoms with E-state index < -0.39 is 11.5 Å². The Hall–Kier alpha value is -1.56. The quantitative estimate of drug-likeness (QED) is 0.898. The van der Waals surface area contributed by atoms with Crippen molar-refractivity contribution in [2.75, 3.05) is 13.1 Å². The number of amides is 2. The highest BCUT2D eigenvalue weighted by Crippen LogP contribution is 2.30. The number of urea groups is 1. The third-order valence-corrected chi connectivity index (χ3v) is 5.45. The molecular weight excluding hydrogens is 288 g/mol. The molecule has 2 N–H and O–H groups in total. The molecule has 2 amide bonds. The van der Waals surface area contributed by atoms with Crippen LogP contribution < -0.4 is 5.32 Å². The van der Waals surface area contributed by atoms with E-state index in [4.69, 9.17) is 0 Å². The summed E-state index contributed by atoms with van der Waals surface area (Å²) in [6.45, 7) is 6.73. The van der Waals surface area contributed by atoms with Crippen molar-refractivity contribution in [2.45, 2.75) is 44.6 Å². The Morgan fingerprint density at radius 2 is 2.24 bits per heavy atom. The van der Waals surface area contributed by atoms with Crippen molar-refractivity contribution < 1.29 is 14.7 Å². The zero-order chi connectivity index (χ0) is 15.7. The normalized spacial score (nSPS) is 22.3. The number of nitrogens with one attached hydrogen (secondary N) is 1. The molecule has 2 heterocycles. The van der Waals surface area contributed by atoms with Gasteiger partial charge in [-0.1, -0.05) is 19.9 Å². The monoisotopic (exact) mass is 310 g/mol. The molecule has 0 aromatic carbocycles. The summed E-state index contributed by atoms with van der Waals surface area (Å²) in [5.41, 5.74) is -1.25. The molecule has 0 bridgehead atoms. The predicted molar refractivity (Wildman–Crippen MR) is 82.7 cm³/mol. The lowest BCUT2D eigenvalue weighted by atomic mass is 9.91. The summed E-state index contributed by atoms with van der Waals surface area (Å²) in [6.07, 6.45) is 1.23. The molecule has 21 heavy (non-hydrogen) atoms. The average molecular weight is 310 g/mol. The zero-order valence-electron chi connectivity index (χ0n) is 12.7. The molecular formula is C15H22N2O3S. The minimum Gasteiger partial charge on any atom is -0.480 e. The lowest BCUT2D eigenvalue weighted by Crippen LogP contribution is -2.55. The third-order valence-electron chi connectivity index (χ3n) is 4.22. The molecule has 0 spiro atoms. The highest BCUT2D eigenvalue weighted by molar-refractivity contribution is 7.10. The first-order valence-electron chi connectivity index (χ1n) is 7.10. The lowest BCUT2D eigenvalue weighted by Gasteiger charge is -2.32. The summed E-state index contributed by atoms with van der Waals surface area (Å²) in [6, 6.07) is 3.75. The number of nitrogens with zero attached hydrogens (tertiary/aromatic N) is 1. The Bertz CT molecular complexity index is 527. The van der Waals surface area contributed by atoms with Gasteiger partial charge in [-0.05, 0) is 31.2 Å². The van der Waals surface area contributed by atoms with Gasteiger partial charge in [0.05, 0.1) is 0 Å². The second kappa shape index (κ2) is 5.67. The van der Waals surface area contributed by atoms with E-state index in [2.05, 4.69) is 19.2 Å². The van der Waals surface area contributed by atoms with Crippen molar-refractivity contribution in [3.8, 4) is 0 Å². The van der Waals surface area contributed by atoms with E-state index in [-0.39, 0.29) is 11.4 Å². The first-order valence-corrected chi connectivity index (χ1v) is 7.98. The van der Waals surface area contributed by atoms with E-state index in [1.54, 1.807) is 18.3 Å². The molecule has 6 heteroatoms. The van der Waals surface area contributed by atoms with Crippen molar-refractivity contribution in [2.24, 2.45) is 0 Å². The van der Waals surface area contributed by atoms with Crippen LogP contribution in [0.15, 0.2) is 17.5 Å². The fraction of sp³-hybridized carbons (Fsp3) is 0.600. The van der Waals surface area contributed by atoms with E-state index in [1.807, 2.05) is 17.5 Å². The molecule has 1 aromatic heterocycles. The fourth-order valence-corrected chi connectivity index (χ4v) is 3.51. The number of hydrogen-bond acceptors (Lipinski definition) is 3. The predicted octanol–water partition coefficient (Wildman–Crippen LogP) is 2.67. The minimum absolute atomic E-state index is 0.164. The average Bonchev–Trinajstić information content (AvgIpc) is 3.06. The Balaban J connectivity index is 2.01. The van der Waals surface area contributed by atoms with E-state index in [9.17, 15) is 14.7 Å². The van der Waals surface area contributed by atoms with E-state index in [1.165, 1.54) is 9.78 Å². The van der Waals surface area contributed by atoms with Crippen molar-refractivity contribution >= 4 is 23.3 Å². The molecule has 1 fully saturated rings. The molecule has 1 atom stereocenters. The number of aliphatic carboxylic acids is 1. The van der Waals surface area contributed by atoms with Crippen LogP contribution >= 0.6 is 11.3 Å². The first kappa shape index (κ1) is 15.8. The maximum Gasteiger partial charge on any atom is 0.329 e. The molecule has 0 aliphatic carbocycles. The summed E-state index contributed by atoms with van der Waals surface area (Å²) in [4.78, 5) is 26.4. The van der Waals surface area contributed by atoms with Gasteiger partial charge in [-0.15, -0.1) is 11.3 Å². The largest absolute Gasteiger partial charge is 0.480 e. The fourth-order valence-electron chi connectivity index (χ4n) is 2.65. The van der Waals surface area contributed by atoms with Gasteiger partial charge in [0, 0.05) is 23.4 Å². The second-order valence-electron chi connectivity index (χ2n) is 6.35. The van der Waals surface area contributed by atoms with Crippen molar-refractivity contribution in [1.29, 1.82) is 0 Å². The van der Waals surface area contributed by atoms with Gasteiger partial charge < -0.3 is 15.3 Å². The molecule has 1 aliphatic rings. The summed E-state index contributed by atoms with van der Waals surface area (Å²) in [5, 5.41) is 14.3. The summed E-state index contributed by atoms with van der Waals surface area (Å²) in [7, 11) is 0.